The fraction of sp³-hybridized carbons (Fsp3) is 0.278. The van der Waals surface area contributed by atoms with Gasteiger partial charge in [0.05, 0.1) is 0 Å². The highest BCUT2D eigenvalue weighted by Crippen LogP contribution is 2.36. The van der Waals surface area contributed by atoms with E-state index < -0.39 is 0 Å². The van der Waals surface area contributed by atoms with Gasteiger partial charge in [0, 0.05) is 17.0 Å². The first-order valence-electron chi connectivity index (χ1n) is 7.10. The molecule has 0 bridgehead atoms. The minimum atomic E-state index is 0.175. The van der Waals surface area contributed by atoms with Crippen LogP contribution >= 0.6 is 11.6 Å². The van der Waals surface area contributed by atoms with Gasteiger partial charge in [-0.15, -0.1) is 0 Å². The summed E-state index contributed by atoms with van der Waals surface area (Å²) in [5, 5.41) is 0.702. The third-order valence-corrected chi connectivity index (χ3v) is 4.32. The van der Waals surface area contributed by atoms with Crippen molar-refractivity contribution >= 4 is 17.4 Å². The van der Waals surface area contributed by atoms with E-state index in [1.807, 2.05) is 36.4 Å². The summed E-state index contributed by atoms with van der Waals surface area (Å²) < 4.78 is 0. The normalized spacial score (nSPS) is 14.8. The van der Waals surface area contributed by atoms with Gasteiger partial charge in [0.1, 0.15) is 0 Å². The Morgan fingerprint density at radius 3 is 2.50 bits per heavy atom. The topological polar surface area (TPSA) is 17.1 Å². The highest BCUT2D eigenvalue weighted by molar-refractivity contribution is 6.30. The number of carbonyl (C=O) groups is 1. The number of Topliss-reactive ketones (excluding diaryl/α,β-unsaturated/α-hetero) is 1. The zero-order valence-corrected chi connectivity index (χ0v) is 12.1. The van der Waals surface area contributed by atoms with Crippen molar-refractivity contribution in [3.63, 3.8) is 0 Å². The lowest BCUT2D eigenvalue weighted by Crippen LogP contribution is -2.10. The smallest absolute Gasteiger partial charge is 0.167 e. The monoisotopic (exact) mass is 284 g/mol. The molecule has 0 unspecified atom stereocenters. The van der Waals surface area contributed by atoms with Gasteiger partial charge < -0.3 is 0 Å². The summed E-state index contributed by atoms with van der Waals surface area (Å²) in [6.07, 6.45) is 4.27. The summed E-state index contributed by atoms with van der Waals surface area (Å²) in [4.78, 5) is 12.3. The average molecular weight is 285 g/mol. The molecule has 0 aliphatic heterocycles. The number of hydrogen-bond acceptors (Lipinski definition) is 1. The second-order valence-corrected chi connectivity index (χ2v) is 5.92. The van der Waals surface area contributed by atoms with E-state index >= 15 is 0 Å². The minimum Gasteiger partial charge on any atom is -0.294 e. The lowest BCUT2D eigenvalue weighted by Gasteiger charge is -2.26. The van der Waals surface area contributed by atoms with Gasteiger partial charge in [0.2, 0.25) is 0 Å². The van der Waals surface area contributed by atoms with Gasteiger partial charge in [-0.1, -0.05) is 48.4 Å². The van der Waals surface area contributed by atoms with Crippen LogP contribution in [0, 0.1) is 0 Å². The van der Waals surface area contributed by atoms with Crippen molar-refractivity contribution in [1.29, 1.82) is 0 Å². The van der Waals surface area contributed by atoms with E-state index in [0.29, 0.717) is 17.4 Å². The Morgan fingerprint density at radius 1 is 1.10 bits per heavy atom. The van der Waals surface area contributed by atoms with Gasteiger partial charge in [-0.05, 0) is 48.1 Å². The van der Waals surface area contributed by atoms with Crippen molar-refractivity contribution in [3.8, 4) is 0 Å². The summed E-state index contributed by atoms with van der Waals surface area (Å²) in [7, 11) is 0. The zero-order chi connectivity index (χ0) is 13.9. The fourth-order valence-electron chi connectivity index (χ4n) is 2.60. The molecule has 0 heterocycles. The molecule has 1 saturated carbocycles. The van der Waals surface area contributed by atoms with Crippen LogP contribution in [0.5, 0.6) is 0 Å². The number of hydrogen-bond donors (Lipinski definition) is 0. The maximum Gasteiger partial charge on any atom is 0.167 e. The fourth-order valence-corrected chi connectivity index (χ4v) is 2.72. The average Bonchev–Trinajstić information content (AvgIpc) is 2.40. The van der Waals surface area contributed by atoms with Crippen molar-refractivity contribution in [2.45, 2.75) is 31.6 Å². The van der Waals surface area contributed by atoms with Gasteiger partial charge in [-0.25, -0.2) is 0 Å². The number of rotatable bonds is 4. The molecular formula is C18H17ClO. The Balaban J connectivity index is 1.74. The summed E-state index contributed by atoms with van der Waals surface area (Å²) in [5.74, 6) is 0.840. The first-order valence-corrected chi connectivity index (χ1v) is 7.48. The highest BCUT2D eigenvalue weighted by atomic mass is 35.5. The minimum absolute atomic E-state index is 0.175. The van der Waals surface area contributed by atoms with Crippen LogP contribution < -0.4 is 0 Å². The molecule has 2 aromatic carbocycles. The predicted octanol–water partition coefficient (Wildman–Crippen LogP) is 5.03. The third kappa shape index (κ3) is 2.94. The van der Waals surface area contributed by atoms with Crippen LogP contribution in [-0.2, 0) is 6.42 Å². The number of carbonyl (C=O) groups excluding carboxylic acids is 1. The highest BCUT2D eigenvalue weighted by Gasteiger charge is 2.20. The number of ketones is 1. The third-order valence-electron chi connectivity index (χ3n) is 4.06. The van der Waals surface area contributed by atoms with Gasteiger partial charge in [-0.2, -0.15) is 0 Å². The van der Waals surface area contributed by atoms with Gasteiger partial charge in [-0.3, -0.25) is 4.79 Å². The predicted molar refractivity (Wildman–Crippen MR) is 82.5 cm³/mol. The van der Waals surface area contributed by atoms with Gasteiger partial charge in [0.15, 0.2) is 5.78 Å². The molecule has 3 rings (SSSR count). The maximum atomic E-state index is 12.3. The summed E-state index contributed by atoms with van der Waals surface area (Å²) in [6, 6.07) is 15.6. The molecule has 0 spiro atoms. The van der Waals surface area contributed by atoms with E-state index in [1.54, 1.807) is 0 Å². The van der Waals surface area contributed by atoms with Crippen molar-refractivity contribution < 1.29 is 4.79 Å². The Hall–Kier alpha value is -1.60. The van der Waals surface area contributed by atoms with Crippen LogP contribution in [0.2, 0.25) is 5.02 Å². The maximum absolute atomic E-state index is 12.3. The lowest BCUT2D eigenvalue weighted by atomic mass is 9.79. The molecule has 0 amide bonds. The summed E-state index contributed by atoms with van der Waals surface area (Å²) in [5.41, 5.74) is 3.15. The molecule has 1 fully saturated rings. The van der Waals surface area contributed by atoms with E-state index in [1.165, 1.54) is 24.8 Å². The van der Waals surface area contributed by atoms with Gasteiger partial charge >= 0.3 is 0 Å². The van der Waals surface area contributed by atoms with E-state index in [0.717, 1.165) is 11.1 Å². The SMILES string of the molecule is O=C(Cc1ccc(Cl)cc1)c1cccc(C2CCC2)c1. The Labute approximate surface area is 124 Å². The molecule has 2 aromatic rings. The van der Waals surface area contributed by atoms with E-state index in [9.17, 15) is 4.79 Å². The Morgan fingerprint density at radius 2 is 1.85 bits per heavy atom. The molecule has 1 nitrogen and oxygen atoms in total. The summed E-state index contributed by atoms with van der Waals surface area (Å²) in [6.45, 7) is 0. The van der Waals surface area contributed by atoms with Crippen LogP contribution in [0.15, 0.2) is 48.5 Å². The molecule has 0 radical (unpaired) electrons. The van der Waals surface area contributed by atoms with Crippen molar-refractivity contribution in [1.82, 2.24) is 0 Å². The quantitative estimate of drug-likeness (QED) is 0.720. The Bertz CT molecular complexity index is 612. The van der Waals surface area contributed by atoms with Crippen LogP contribution in [0.3, 0.4) is 0 Å². The van der Waals surface area contributed by atoms with Crippen LogP contribution in [0.4, 0.5) is 0 Å². The molecular weight excluding hydrogens is 268 g/mol. The number of benzene rings is 2. The Kier molecular flexibility index (Phi) is 3.88. The molecule has 102 valence electrons. The van der Waals surface area contributed by atoms with E-state index in [-0.39, 0.29) is 5.78 Å². The molecule has 0 saturated heterocycles. The molecule has 0 aromatic heterocycles. The molecule has 2 heteroatoms. The molecule has 20 heavy (non-hydrogen) atoms. The second-order valence-electron chi connectivity index (χ2n) is 5.48. The van der Waals surface area contributed by atoms with E-state index in [4.69, 9.17) is 11.6 Å². The van der Waals surface area contributed by atoms with Crippen LogP contribution in [0.1, 0.15) is 46.7 Å². The van der Waals surface area contributed by atoms with Crippen LogP contribution in [0.25, 0.3) is 0 Å². The largest absolute Gasteiger partial charge is 0.294 e. The van der Waals surface area contributed by atoms with E-state index in [2.05, 4.69) is 12.1 Å². The first-order chi connectivity index (χ1) is 9.72. The van der Waals surface area contributed by atoms with Gasteiger partial charge in [0.25, 0.3) is 0 Å². The standard InChI is InChI=1S/C18H17ClO/c19-17-9-7-13(8-10-17)11-18(20)16-6-2-5-15(12-16)14-3-1-4-14/h2,5-10,12,14H,1,3-4,11H2. The second kappa shape index (κ2) is 5.80. The molecule has 0 atom stereocenters. The number of halogens is 1. The summed E-state index contributed by atoms with van der Waals surface area (Å²) >= 11 is 5.86. The molecule has 1 aliphatic carbocycles. The van der Waals surface area contributed by atoms with Crippen LogP contribution in [-0.4, -0.2) is 5.78 Å². The first kappa shape index (κ1) is 13.4. The van der Waals surface area contributed by atoms with Crippen molar-refractivity contribution in [3.05, 3.63) is 70.2 Å². The molecule has 1 aliphatic rings. The van der Waals surface area contributed by atoms with Crippen molar-refractivity contribution in [2.75, 3.05) is 0 Å². The lowest BCUT2D eigenvalue weighted by molar-refractivity contribution is 0.0993. The zero-order valence-electron chi connectivity index (χ0n) is 11.3. The van der Waals surface area contributed by atoms with Crippen molar-refractivity contribution in [2.24, 2.45) is 0 Å². The molecule has 0 N–H and O–H groups in total.